The van der Waals surface area contributed by atoms with E-state index in [0.29, 0.717) is 37.6 Å². The first-order valence-corrected chi connectivity index (χ1v) is 10.9. The topological polar surface area (TPSA) is 90.2 Å². The largest absolute Gasteiger partial charge is 0.497 e. The average Bonchev–Trinajstić information content (AvgIpc) is 3.32. The van der Waals surface area contributed by atoms with Gasteiger partial charge in [0.1, 0.15) is 18.5 Å². The van der Waals surface area contributed by atoms with Crippen LogP contribution in [0.4, 0.5) is 5.69 Å². The van der Waals surface area contributed by atoms with Gasteiger partial charge >= 0.3 is 0 Å². The number of hydrogen-bond donors (Lipinski definition) is 1. The lowest BCUT2D eigenvalue weighted by Gasteiger charge is -2.25. The van der Waals surface area contributed by atoms with Crippen molar-refractivity contribution < 1.29 is 19.0 Å². The van der Waals surface area contributed by atoms with Gasteiger partial charge in [0.2, 0.25) is 5.88 Å². The second-order valence-corrected chi connectivity index (χ2v) is 8.37. The van der Waals surface area contributed by atoms with Gasteiger partial charge in [0.25, 0.3) is 5.91 Å². The van der Waals surface area contributed by atoms with Crippen LogP contribution in [0.1, 0.15) is 20.3 Å². The summed E-state index contributed by atoms with van der Waals surface area (Å²) < 4.78 is 19.2. The average molecular weight is 438 g/mol. The molecule has 3 aromatic rings. The number of nitrogens with one attached hydrogen (secondary N) is 1. The van der Waals surface area contributed by atoms with Gasteiger partial charge < -0.3 is 24.4 Å². The van der Waals surface area contributed by atoms with Gasteiger partial charge in [0, 0.05) is 49.1 Å². The van der Waals surface area contributed by atoms with Gasteiger partial charge in [-0.05, 0) is 31.5 Å². The number of ether oxygens (including phenoxy) is 3. The number of methoxy groups -OCH3 is 1. The van der Waals surface area contributed by atoms with Gasteiger partial charge in [0.05, 0.1) is 25.5 Å². The zero-order valence-corrected chi connectivity index (χ0v) is 18.4. The summed E-state index contributed by atoms with van der Waals surface area (Å²) in [5.74, 6) is 1.23. The molecule has 2 aliphatic heterocycles. The van der Waals surface area contributed by atoms with Crippen molar-refractivity contribution in [3.05, 3.63) is 36.7 Å². The Morgan fingerprint density at radius 1 is 1.28 bits per heavy atom. The highest BCUT2D eigenvalue weighted by Crippen LogP contribution is 2.32. The van der Waals surface area contributed by atoms with E-state index in [2.05, 4.69) is 10.4 Å². The Morgan fingerprint density at radius 2 is 2.16 bits per heavy atom. The first-order chi connectivity index (χ1) is 15.5. The van der Waals surface area contributed by atoms with E-state index in [9.17, 15) is 4.79 Å². The molecule has 2 aromatic heterocycles. The number of aromatic nitrogens is 3. The molecule has 2 aliphatic rings. The minimum Gasteiger partial charge on any atom is -0.497 e. The minimum atomic E-state index is -0.445. The number of rotatable bonds is 3. The highest BCUT2D eigenvalue weighted by atomic mass is 16.5. The zero-order chi connectivity index (χ0) is 22.2. The molecule has 1 aromatic carbocycles. The number of nitrogens with zero attached hydrogens (tertiary/aromatic N) is 4. The monoisotopic (exact) mass is 437 g/mol. The van der Waals surface area contributed by atoms with E-state index < -0.39 is 6.10 Å². The quantitative estimate of drug-likeness (QED) is 0.674. The Morgan fingerprint density at radius 3 is 2.97 bits per heavy atom. The smallest absolute Gasteiger partial charge is 0.252 e. The van der Waals surface area contributed by atoms with Crippen LogP contribution in [-0.4, -0.2) is 70.5 Å². The molecule has 32 heavy (non-hydrogen) atoms. The number of carbonyl (C=O) groups is 1. The van der Waals surface area contributed by atoms with Crippen LogP contribution in [0.2, 0.25) is 0 Å². The Bertz CT molecular complexity index is 1140. The summed E-state index contributed by atoms with van der Waals surface area (Å²) in [5.41, 5.74) is 3.42. The minimum absolute atomic E-state index is 0.00835. The molecule has 1 N–H and O–H groups in total. The maximum atomic E-state index is 13.0. The third-order valence-corrected chi connectivity index (χ3v) is 5.82. The van der Waals surface area contributed by atoms with Crippen molar-refractivity contribution in [1.29, 1.82) is 0 Å². The lowest BCUT2D eigenvalue weighted by molar-refractivity contribution is -0.140. The molecule has 4 heterocycles. The van der Waals surface area contributed by atoms with Gasteiger partial charge in [-0.1, -0.05) is 0 Å². The van der Waals surface area contributed by atoms with Crippen LogP contribution < -0.4 is 14.8 Å². The number of hydrogen-bond acceptors (Lipinski definition) is 7. The number of carbonyl (C=O) groups excluding carboxylic acids is 1. The molecule has 0 radical (unpaired) electrons. The summed E-state index contributed by atoms with van der Waals surface area (Å²) in [6.07, 6.45) is 3.76. The van der Waals surface area contributed by atoms with Gasteiger partial charge in [-0.2, -0.15) is 10.1 Å². The van der Waals surface area contributed by atoms with Crippen LogP contribution >= 0.6 is 0 Å². The number of anilines is 1. The molecule has 5 rings (SSSR count). The maximum absolute atomic E-state index is 13.0. The molecule has 0 aliphatic carbocycles. The van der Waals surface area contributed by atoms with Gasteiger partial charge in [-0.3, -0.25) is 4.79 Å². The van der Waals surface area contributed by atoms with Crippen LogP contribution in [0.3, 0.4) is 0 Å². The van der Waals surface area contributed by atoms with Crippen molar-refractivity contribution in [2.75, 3.05) is 32.1 Å². The van der Waals surface area contributed by atoms with Crippen molar-refractivity contribution >= 4 is 17.2 Å². The second-order valence-electron chi connectivity index (χ2n) is 8.37. The molecule has 0 saturated carbocycles. The Balaban J connectivity index is 1.53. The third kappa shape index (κ3) is 3.84. The van der Waals surface area contributed by atoms with E-state index >= 15 is 0 Å². The third-order valence-electron chi connectivity index (χ3n) is 5.82. The maximum Gasteiger partial charge on any atom is 0.252 e. The summed E-state index contributed by atoms with van der Waals surface area (Å²) >= 11 is 0. The normalized spacial score (nSPS) is 20.8. The highest BCUT2D eigenvalue weighted by molar-refractivity contribution is 5.84. The van der Waals surface area contributed by atoms with Crippen LogP contribution in [0.25, 0.3) is 16.8 Å². The lowest BCUT2D eigenvalue weighted by Crippen LogP contribution is -2.41. The standard InChI is InChI=1S/C23H27N5O4/c1-14(2)32-20-11-17-13-31-21-4-6-28-22(26-21)19(12-25-28)15-8-16(10-18(9-15)30-3)24-5-7-27(17)23(20)29/h4,6,8-10,12,14,17,20,24H,5,7,11,13H2,1-3H3/t17-,20+/m0/s1. The summed E-state index contributed by atoms with van der Waals surface area (Å²) in [7, 11) is 1.64. The Labute approximate surface area is 186 Å². The predicted molar refractivity (Wildman–Crippen MR) is 119 cm³/mol. The van der Waals surface area contributed by atoms with Crippen LogP contribution in [-0.2, 0) is 9.53 Å². The van der Waals surface area contributed by atoms with E-state index in [4.69, 9.17) is 19.2 Å². The molecule has 0 spiro atoms. The van der Waals surface area contributed by atoms with E-state index in [0.717, 1.165) is 22.6 Å². The fraction of sp³-hybridized carbons (Fsp3) is 0.435. The second kappa shape index (κ2) is 8.31. The Hall–Kier alpha value is -3.33. The molecular weight excluding hydrogens is 410 g/mol. The lowest BCUT2D eigenvalue weighted by atomic mass is 10.1. The van der Waals surface area contributed by atoms with Crippen molar-refractivity contribution in [3.8, 4) is 22.8 Å². The predicted octanol–water partition coefficient (Wildman–Crippen LogP) is 2.60. The first kappa shape index (κ1) is 20.6. The van der Waals surface area contributed by atoms with Crippen molar-refractivity contribution in [1.82, 2.24) is 19.5 Å². The molecule has 2 atom stereocenters. The summed E-state index contributed by atoms with van der Waals surface area (Å²) in [4.78, 5) is 19.6. The Kier molecular flexibility index (Phi) is 5.34. The fourth-order valence-corrected chi connectivity index (χ4v) is 4.35. The molecule has 1 fully saturated rings. The van der Waals surface area contributed by atoms with E-state index in [1.807, 2.05) is 43.1 Å². The van der Waals surface area contributed by atoms with Crippen LogP contribution in [0.5, 0.6) is 11.6 Å². The fourth-order valence-electron chi connectivity index (χ4n) is 4.35. The molecule has 1 amide bonds. The number of amides is 1. The van der Waals surface area contributed by atoms with Crippen molar-refractivity contribution in [3.63, 3.8) is 0 Å². The molecule has 1 saturated heterocycles. The number of benzene rings is 1. The van der Waals surface area contributed by atoms with E-state index in [-0.39, 0.29) is 18.1 Å². The summed E-state index contributed by atoms with van der Waals surface area (Å²) in [6.45, 7) is 5.39. The first-order valence-electron chi connectivity index (χ1n) is 10.9. The van der Waals surface area contributed by atoms with E-state index in [1.165, 1.54) is 0 Å². The molecule has 168 valence electrons. The molecule has 0 unspecified atom stereocenters. The van der Waals surface area contributed by atoms with Crippen LogP contribution in [0, 0.1) is 0 Å². The van der Waals surface area contributed by atoms with Gasteiger partial charge in [-0.25, -0.2) is 4.52 Å². The SMILES string of the molecule is COc1cc2cc(c1)-c1cnn3ccc(nc13)OC[C@@H]1C[C@@H](OC(C)C)C(=O)N1CCN2. The zero-order valence-electron chi connectivity index (χ0n) is 18.4. The van der Waals surface area contributed by atoms with Crippen molar-refractivity contribution in [2.24, 2.45) is 0 Å². The van der Waals surface area contributed by atoms with Crippen molar-refractivity contribution in [2.45, 2.75) is 38.5 Å². The van der Waals surface area contributed by atoms with E-state index in [1.54, 1.807) is 23.9 Å². The highest BCUT2D eigenvalue weighted by Gasteiger charge is 2.40. The van der Waals surface area contributed by atoms with Crippen LogP contribution in [0.15, 0.2) is 36.7 Å². The molecular formula is C23H27N5O4. The molecule has 9 heteroatoms. The van der Waals surface area contributed by atoms with Gasteiger partial charge in [-0.15, -0.1) is 0 Å². The molecule has 4 bridgehead atoms. The summed E-state index contributed by atoms with van der Waals surface area (Å²) in [5, 5.41) is 7.86. The summed E-state index contributed by atoms with van der Waals surface area (Å²) in [6, 6.07) is 7.64. The van der Waals surface area contributed by atoms with Gasteiger partial charge in [0.15, 0.2) is 5.65 Å². The molecule has 9 nitrogen and oxygen atoms in total. The number of fused-ring (bicyclic) bond motifs is 5.